The highest BCUT2D eigenvalue weighted by Gasteiger charge is 2.41. The van der Waals surface area contributed by atoms with Gasteiger partial charge in [-0.15, -0.1) is 0 Å². The first-order valence-corrected chi connectivity index (χ1v) is 13.4. The number of unbranched alkanes of at least 4 members (excludes halogenated alkanes) is 3. The Hall–Kier alpha value is -1.00. The Morgan fingerprint density at radius 2 is 1.30 bits per heavy atom. The van der Waals surface area contributed by atoms with Crippen LogP contribution in [0.3, 0.4) is 0 Å². The van der Waals surface area contributed by atoms with Gasteiger partial charge in [-0.25, -0.2) is 0 Å². The summed E-state index contributed by atoms with van der Waals surface area (Å²) >= 11 is 0. The molecule has 2 unspecified atom stereocenters. The van der Waals surface area contributed by atoms with E-state index in [1.54, 1.807) is 10.1 Å². The molecule has 1 N–H and O–H groups in total. The van der Waals surface area contributed by atoms with Crippen LogP contribution in [-0.4, -0.2) is 78.5 Å². The topological polar surface area (TPSA) is 83.7 Å². The molecule has 4 fully saturated rings. The van der Waals surface area contributed by atoms with Gasteiger partial charge in [0.05, 0.1) is 51.6 Å². The molecule has 192 valence electrons. The predicted molar refractivity (Wildman–Crippen MR) is 124 cm³/mol. The Labute approximate surface area is 199 Å². The van der Waals surface area contributed by atoms with Gasteiger partial charge >= 0.3 is 5.09 Å². The lowest BCUT2D eigenvalue weighted by molar-refractivity contribution is -1.04. The number of hydroxylamine groups is 4. The van der Waals surface area contributed by atoms with Crippen molar-refractivity contribution in [3.05, 3.63) is 4.91 Å². The molecule has 0 amide bonds. The summed E-state index contributed by atoms with van der Waals surface area (Å²) in [4.78, 5) is 23.5. The van der Waals surface area contributed by atoms with Crippen molar-refractivity contribution in [3.63, 3.8) is 0 Å². The van der Waals surface area contributed by atoms with Crippen molar-refractivity contribution in [2.45, 2.75) is 96.1 Å². The van der Waals surface area contributed by atoms with Gasteiger partial charge in [0, 0.05) is 6.61 Å². The first-order chi connectivity index (χ1) is 16.2. The quantitative estimate of drug-likeness (QED) is 0.380. The summed E-state index contributed by atoms with van der Waals surface area (Å²) in [6, 6.07) is 0.281. The summed E-state index contributed by atoms with van der Waals surface area (Å²) in [6.45, 7) is 6.13. The lowest BCUT2D eigenvalue weighted by Crippen LogP contribution is -2.53. The van der Waals surface area contributed by atoms with Gasteiger partial charge in [0.2, 0.25) is 0 Å². The number of hydrogen-bond donors (Lipinski definition) is 1. The second kappa shape index (κ2) is 15.1. The van der Waals surface area contributed by atoms with Crippen molar-refractivity contribution >= 4 is 0 Å². The minimum atomic E-state index is 0.140. The molecule has 2 heterocycles. The second-order valence-electron chi connectivity index (χ2n) is 9.83. The van der Waals surface area contributed by atoms with Gasteiger partial charge in [0.1, 0.15) is 4.91 Å². The number of morpholine rings is 2. The van der Waals surface area contributed by atoms with Crippen LogP contribution in [0.2, 0.25) is 0 Å². The highest BCUT2D eigenvalue weighted by Crippen LogP contribution is 2.33. The molecule has 9 heteroatoms. The van der Waals surface area contributed by atoms with E-state index in [9.17, 15) is 4.91 Å². The zero-order chi connectivity index (χ0) is 23.3. The highest BCUT2D eigenvalue weighted by atomic mass is 17.1. The second-order valence-corrected chi connectivity index (χ2v) is 9.83. The molecule has 0 bridgehead atoms. The Balaban J connectivity index is 0.000000383. The van der Waals surface area contributed by atoms with Gasteiger partial charge in [-0.1, -0.05) is 71.9 Å². The maximum atomic E-state index is 12.4. The summed E-state index contributed by atoms with van der Waals surface area (Å²) in [5.41, 5.74) is 0. The van der Waals surface area contributed by atoms with Crippen molar-refractivity contribution in [2.75, 3.05) is 46.1 Å². The lowest BCUT2D eigenvalue weighted by atomic mass is 9.98. The maximum absolute atomic E-state index is 12.4. The van der Waals surface area contributed by atoms with Crippen LogP contribution in [0.15, 0.2) is 0 Å². The van der Waals surface area contributed by atoms with Crippen LogP contribution in [0.4, 0.5) is 0 Å². The van der Waals surface area contributed by atoms with Crippen molar-refractivity contribution < 1.29 is 29.5 Å². The fourth-order valence-electron chi connectivity index (χ4n) is 5.57. The average Bonchev–Trinajstić information content (AvgIpc) is 3.55. The van der Waals surface area contributed by atoms with Gasteiger partial charge in [-0.3, -0.25) is 0 Å². The molecule has 0 radical (unpaired) electrons. The van der Waals surface area contributed by atoms with E-state index < -0.39 is 0 Å². The van der Waals surface area contributed by atoms with Gasteiger partial charge in [0.25, 0.3) is 0 Å². The summed E-state index contributed by atoms with van der Waals surface area (Å²) in [6.07, 6.45) is 14.4. The molecule has 33 heavy (non-hydrogen) atoms. The third-order valence-corrected chi connectivity index (χ3v) is 7.47. The van der Waals surface area contributed by atoms with E-state index in [2.05, 4.69) is 6.92 Å². The summed E-state index contributed by atoms with van der Waals surface area (Å²) < 4.78 is 11.3. The summed E-state index contributed by atoms with van der Waals surface area (Å²) in [7, 11) is 0. The third kappa shape index (κ3) is 8.62. The largest absolute Gasteiger partial charge is 0.519 e. The zero-order valence-corrected chi connectivity index (χ0v) is 20.6. The zero-order valence-electron chi connectivity index (χ0n) is 20.6. The Bertz CT molecular complexity index is 498. The van der Waals surface area contributed by atoms with Gasteiger partial charge in [-0.05, 0) is 43.9 Å². The van der Waals surface area contributed by atoms with E-state index in [4.69, 9.17) is 24.5 Å². The van der Waals surface area contributed by atoms with Crippen LogP contribution >= 0.6 is 0 Å². The molecule has 2 aliphatic heterocycles. The molecule has 2 aliphatic carbocycles. The van der Waals surface area contributed by atoms with E-state index in [1.165, 1.54) is 70.6 Å². The molecule has 0 aromatic heterocycles. The number of ether oxygens (including phenoxy) is 2. The molecule has 2 saturated heterocycles. The van der Waals surface area contributed by atoms with Crippen molar-refractivity contribution in [3.8, 4) is 0 Å². The molecular weight excluding hydrogens is 426 g/mol. The Kier molecular flexibility index (Phi) is 12.2. The monoisotopic (exact) mass is 472 g/mol. The maximum Gasteiger partial charge on any atom is 0.519 e. The normalized spacial score (nSPS) is 27.8. The standard InChI is InChI=1S/C18H32N3O5.C6H14O/c22-21(25-19-9-11-23-13-17(19)15-5-1-2-6-15)26-20-10-12-24-14-18(20)16-7-3-4-8-16;1-2-3-4-5-6-7/h15-18H,1-14H2;7H,2-6H2,1H3/q+1;. The first kappa shape index (κ1) is 26.6. The number of rotatable bonds is 10. The molecule has 4 aliphatic rings. The smallest absolute Gasteiger partial charge is 0.396 e. The Morgan fingerprint density at radius 1 is 0.818 bits per heavy atom. The molecule has 4 rings (SSSR count). The van der Waals surface area contributed by atoms with Crippen LogP contribution < -0.4 is 0 Å². The molecule has 9 nitrogen and oxygen atoms in total. The molecule has 0 spiro atoms. The van der Waals surface area contributed by atoms with Crippen molar-refractivity contribution in [2.24, 2.45) is 11.8 Å². The molecule has 2 saturated carbocycles. The SMILES string of the molecule is CCCCCCO.O=[N+](ON1CCOCC1C1CCCC1)ON1CCOCC1C1CCCC1. The van der Waals surface area contributed by atoms with Crippen molar-refractivity contribution in [1.29, 1.82) is 0 Å². The average molecular weight is 473 g/mol. The van der Waals surface area contributed by atoms with Gasteiger partial charge in [0.15, 0.2) is 0 Å². The van der Waals surface area contributed by atoms with Crippen LogP contribution in [0.5, 0.6) is 0 Å². The van der Waals surface area contributed by atoms with E-state index in [0.717, 1.165) is 6.42 Å². The fraction of sp³-hybridized carbons (Fsp3) is 1.00. The summed E-state index contributed by atoms with van der Waals surface area (Å²) in [5, 5.41) is 12.1. The summed E-state index contributed by atoms with van der Waals surface area (Å²) in [5.74, 6) is 1.08. The van der Waals surface area contributed by atoms with Crippen molar-refractivity contribution in [1.82, 2.24) is 10.1 Å². The third-order valence-electron chi connectivity index (χ3n) is 7.47. The molecule has 0 aromatic rings. The fourth-order valence-corrected chi connectivity index (χ4v) is 5.57. The number of nitrogens with zero attached hydrogens (tertiary/aromatic N) is 3. The van der Waals surface area contributed by atoms with Crippen LogP contribution in [0.25, 0.3) is 0 Å². The van der Waals surface area contributed by atoms with E-state index in [1.807, 2.05) is 0 Å². The number of aliphatic hydroxyl groups is 1. The molecule has 2 atom stereocenters. The first-order valence-electron chi connectivity index (χ1n) is 13.4. The minimum absolute atomic E-state index is 0.140. The van der Waals surface area contributed by atoms with E-state index in [0.29, 0.717) is 63.0 Å². The molecule has 0 aromatic carbocycles. The van der Waals surface area contributed by atoms with E-state index >= 15 is 0 Å². The number of aliphatic hydroxyl groups excluding tert-OH is 1. The minimum Gasteiger partial charge on any atom is -0.396 e. The predicted octanol–water partition coefficient (Wildman–Crippen LogP) is 3.80. The molecular formula is C24H46N3O6+. The lowest BCUT2D eigenvalue weighted by Gasteiger charge is -2.34. The van der Waals surface area contributed by atoms with Crippen LogP contribution in [-0.2, 0) is 19.4 Å². The van der Waals surface area contributed by atoms with Crippen LogP contribution in [0.1, 0.15) is 84.0 Å². The Morgan fingerprint density at radius 3 is 1.73 bits per heavy atom. The number of hydrogen-bond acceptors (Lipinski definition) is 8. The van der Waals surface area contributed by atoms with Gasteiger partial charge in [-0.2, -0.15) is 0 Å². The van der Waals surface area contributed by atoms with E-state index in [-0.39, 0.29) is 12.1 Å². The van der Waals surface area contributed by atoms with Gasteiger partial charge < -0.3 is 14.6 Å². The van der Waals surface area contributed by atoms with Crippen LogP contribution in [0, 0.1) is 16.7 Å². The highest BCUT2D eigenvalue weighted by molar-refractivity contribution is 4.82.